The Hall–Kier alpha value is -2.37. The van der Waals surface area contributed by atoms with E-state index in [-0.39, 0.29) is 42.8 Å². The minimum atomic E-state index is -0.328. The number of hydrogen-bond acceptors (Lipinski definition) is 3. The topological polar surface area (TPSA) is 78.5 Å². The molecule has 0 spiro atoms. The Bertz CT molecular complexity index is 579. The molecule has 3 amide bonds. The van der Waals surface area contributed by atoms with Gasteiger partial charge in [-0.1, -0.05) is 30.3 Å². The molecule has 25 heavy (non-hydrogen) atoms. The minimum absolute atomic E-state index is 0.0323. The highest BCUT2D eigenvalue weighted by atomic mass is 16.2. The van der Waals surface area contributed by atoms with Gasteiger partial charge >= 0.3 is 0 Å². The van der Waals surface area contributed by atoms with Crippen LogP contribution in [0.15, 0.2) is 30.3 Å². The van der Waals surface area contributed by atoms with Crippen molar-refractivity contribution >= 4 is 17.7 Å². The summed E-state index contributed by atoms with van der Waals surface area (Å²) in [5.74, 6) is -0.449. The quantitative estimate of drug-likeness (QED) is 0.748. The summed E-state index contributed by atoms with van der Waals surface area (Å²) in [7, 11) is 0. The summed E-state index contributed by atoms with van der Waals surface area (Å²) >= 11 is 0. The van der Waals surface area contributed by atoms with Gasteiger partial charge in [0.25, 0.3) is 0 Å². The van der Waals surface area contributed by atoms with Crippen molar-refractivity contribution in [1.29, 1.82) is 0 Å². The molecule has 0 aliphatic carbocycles. The third kappa shape index (κ3) is 8.88. The van der Waals surface area contributed by atoms with Gasteiger partial charge in [0, 0.05) is 25.0 Å². The Balaban J connectivity index is 2.35. The van der Waals surface area contributed by atoms with Crippen molar-refractivity contribution in [3.63, 3.8) is 0 Å². The van der Waals surface area contributed by atoms with Crippen LogP contribution in [0.4, 0.5) is 0 Å². The zero-order chi connectivity index (χ0) is 18.9. The van der Waals surface area contributed by atoms with Gasteiger partial charge in [-0.25, -0.2) is 0 Å². The van der Waals surface area contributed by atoms with Gasteiger partial charge < -0.3 is 15.5 Å². The molecule has 0 atom stereocenters. The van der Waals surface area contributed by atoms with E-state index in [1.165, 1.54) is 4.90 Å². The molecule has 0 saturated heterocycles. The molecule has 0 radical (unpaired) electrons. The van der Waals surface area contributed by atoms with Crippen molar-refractivity contribution in [1.82, 2.24) is 15.5 Å². The zero-order valence-electron chi connectivity index (χ0n) is 15.6. The Kier molecular flexibility index (Phi) is 8.11. The molecule has 6 nitrogen and oxygen atoms in total. The van der Waals surface area contributed by atoms with Gasteiger partial charge in [-0.2, -0.15) is 0 Å². The first-order valence-corrected chi connectivity index (χ1v) is 8.60. The van der Waals surface area contributed by atoms with E-state index < -0.39 is 0 Å². The van der Waals surface area contributed by atoms with Crippen molar-refractivity contribution in [3.8, 4) is 0 Å². The number of rotatable bonds is 8. The minimum Gasteiger partial charge on any atom is -0.355 e. The van der Waals surface area contributed by atoms with E-state index in [1.807, 2.05) is 58.0 Å². The van der Waals surface area contributed by atoms with Crippen LogP contribution in [0.1, 0.15) is 39.7 Å². The fourth-order valence-electron chi connectivity index (χ4n) is 2.32. The fourth-order valence-corrected chi connectivity index (χ4v) is 2.32. The van der Waals surface area contributed by atoms with Gasteiger partial charge in [-0.05, 0) is 33.3 Å². The zero-order valence-corrected chi connectivity index (χ0v) is 15.6. The molecule has 0 saturated carbocycles. The number of hydrogen-bond donors (Lipinski definition) is 2. The second kappa shape index (κ2) is 9.81. The molecular weight excluding hydrogens is 318 g/mol. The van der Waals surface area contributed by atoms with Crippen LogP contribution >= 0.6 is 0 Å². The number of nitrogens with zero attached hydrogens (tertiary/aromatic N) is 1. The molecule has 1 rings (SSSR count). The number of benzene rings is 1. The molecule has 0 unspecified atom stereocenters. The van der Waals surface area contributed by atoms with Crippen LogP contribution in [-0.4, -0.2) is 47.8 Å². The molecule has 1 aromatic carbocycles. The molecule has 0 aromatic heterocycles. The highest BCUT2D eigenvalue weighted by Crippen LogP contribution is 2.01. The highest BCUT2D eigenvalue weighted by molar-refractivity contribution is 5.85. The fraction of sp³-hybridized carbons (Fsp3) is 0.526. The Morgan fingerprint density at radius 1 is 1.04 bits per heavy atom. The SMILES string of the molecule is CCN(CC(=O)NC(C)(C)C)C(=O)CCNC(=O)Cc1ccccc1. The van der Waals surface area contributed by atoms with Crippen LogP contribution in [0.3, 0.4) is 0 Å². The monoisotopic (exact) mass is 347 g/mol. The lowest BCUT2D eigenvalue weighted by molar-refractivity contribution is -0.136. The molecule has 138 valence electrons. The summed E-state index contributed by atoms with van der Waals surface area (Å²) in [6, 6.07) is 9.44. The first-order valence-electron chi connectivity index (χ1n) is 8.60. The molecule has 0 heterocycles. The second-order valence-corrected chi connectivity index (χ2v) is 6.97. The predicted molar refractivity (Wildman–Crippen MR) is 97.9 cm³/mol. The van der Waals surface area contributed by atoms with E-state index in [4.69, 9.17) is 0 Å². The van der Waals surface area contributed by atoms with Crippen LogP contribution in [-0.2, 0) is 20.8 Å². The smallest absolute Gasteiger partial charge is 0.240 e. The summed E-state index contributed by atoms with van der Waals surface area (Å²) in [6.45, 7) is 8.26. The van der Waals surface area contributed by atoms with E-state index in [0.29, 0.717) is 13.0 Å². The van der Waals surface area contributed by atoms with Gasteiger partial charge in [0.1, 0.15) is 0 Å². The van der Waals surface area contributed by atoms with E-state index in [1.54, 1.807) is 0 Å². The standard InChI is InChI=1S/C19H29N3O3/c1-5-22(14-17(24)21-19(2,3)4)18(25)11-12-20-16(23)13-15-9-7-6-8-10-15/h6-10H,5,11-14H2,1-4H3,(H,20,23)(H,21,24). The molecule has 1 aromatic rings. The lowest BCUT2D eigenvalue weighted by Crippen LogP contribution is -2.47. The number of amides is 3. The maximum absolute atomic E-state index is 12.2. The van der Waals surface area contributed by atoms with E-state index in [0.717, 1.165) is 5.56 Å². The number of nitrogens with one attached hydrogen (secondary N) is 2. The van der Waals surface area contributed by atoms with Crippen LogP contribution < -0.4 is 10.6 Å². The maximum atomic E-state index is 12.2. The van der Waals surface area contributed by atoms with Crippen LogP contribution in [0.5, 0.6) is 0 Å². The molecule has 6 heteroatoms. The molecule has 2 N–H and O–H groups in total. The summed E-state index contributed by atoms with van der Waals surface area (Å²) < 4.78 is 0. The van der Waals surface area contributed by atoms with Crippen LogP contribution in [0.2, 0.25) is 0 Å². The van der Waals surface area contributed by atoms with Crippen LogP contribution in [0.25, 0.3) is 0 Å². The molecule has 0 fully saturated rings. The average molecular weight is 347 g/mol. The largest absolute Gasteiger partial charge is 0.355 e. The van der Waals surface area contributed by atoms with Crippen molar-refractivity contribution in [2.45, 2.75) is 46.1 Å². The summed E-state index contributed by atoms with van der Waals surface area (Å²) in [4.78, 5) is 37.5. The van der Waals surface area contributed by atoms with Crippen molar-refractivity contribution in [2.75, 3.05) is 19.6 Å². The third-order valence-corrected chi connectivity index (χ3v) is 3.45. The average Bonchev–Trinajstić information content (AvgIpc) is 2.51. The van der Waals surface area contributed by atoms with Crippen LogP contribution in [0, 0.1) is 0 Å². The van der Waals surface area contributed by atoms with Crippen molar-refractivity contribution < 1.29 is 14.4 Å². The second-order valence-electron chi connectivity index (χ2n) is 6.97. The molecule has 0 bridgehead atoms. The van der Waals surface area contributed by atoms with Crippen molar-refractivity contribution in [2.24, 2.45) is 0 Å². The van der Waals surface area contributed by atoms with E-state index >= 15 is 0 Å². The summed E-state index contributed by atoms with van der Waals surface area (Å²) in [6.07, 6.45) is 0.470. The normalized spacial score (nSPS) is 10.9. The Labute approximate surface area is 150 Å². The Morgan fingerprint density at radius 2 is 1.68 bits per heavy atom. The Morgan fingerprint density at radius 3 is 2.24 bits per heavy atom. The predicted octanol–water partition coefficient (Wildman–Crippen LogP) is 1.50. The maximum Gasteiger partial charge on any atom is 0.240 e. The van der Waals surface area contributed by atoms with Gasteiger partial charge in [0.05, 0.1) is 13.0 Å². The summed E-state index contributed by atoms with van der Waals surface area (Å²) in [5.41, 5.74) is 0.602. The molecular formula is C19H29N3O3. The van der Waals surface area contributed by atoms with Gasteiger partial charge in [0.15, 0.2) is 0 Å². The van der Waals surface area contributed by atoms with Crippen molar-refractivity contribution in [3.05, 3.63) is 35.9 Å². The lowest BCUT2D eigenvalue weighted by Gasteiger charge is -2.25. The number of likely N-dealkylation sites (N-methyl/N-ethyl adjacent to an activating group) is 1. The van der Waals surface area contributed by atoms with Gasteiger partial charge in [-0.3, -0.25) is 14.4 Å². The number of carbonyl (C=O) groups excluding carboxylic acids is 3. The van der Waals surface area contributed by atoms with E-state index in [9.17, 15) is 14.4 Å². The summed E-state index contributed by atoms with van der Waals surface area (Å²) in [5, 5.41) is 5.58. The van der Waals surface area contributed by atoms with Gasteiger partial charge in [0.2, 0.25) is 17.7 Å². The molecule has 0 aliphatic heterocycles. The highest BCUT2D eigenvalue weighted by Gasteiger charge is 2.19. The first kappa shape index (κ1) is 20.7. The number of carbonyl (C=O) groups is 3. The van der Waals surface area contributed by atoms with E-state index in [2.05, 4.69) is 10.6 Å². The van der Waals surface area contributed by atoms with Gasteiger partial charge in [-0.15, -0.1) is 0 Å². The molecule has 0 aliphatic rings. The third-order valence-electron chi connectivity index (χ3n) is 3.45. The lowest BCUT2D eigenvalue weighted by atomic mass is 10.1. The first-order chi connectivity index (χ1) is 11.7.